The minimum Gasteiger partial charge on any atom is -0.469 e. The first-order valence-electron chi connectivity index (χ1n) is 6.36. The van der Waals surface area contributed by atoms with Crippen molar-refractivity contribution in [3.8, 4) is 0 Å². The van der Waals surface area contributed by atoms with Gasteiger partial charge in [0, 0.05) is 37.5 Å². The molecule has 0 bridgehead atoms. The Bertz CT molecular complexity index is 716. The van der Waals surface area contributed by atoms with Gasteiger partial charge in [-0.25, -0.2) is 4.98 Å². The topological polar surface area (TPSA) is 59.5 Å². The molecule has 0 amide bonds. The molecule has 19 heavy (non-hydrogen) atoms. The summed E-state index contributed by atoms with van der Waals surface area (Å²) in [6.07, 6.45) is 9.14. The van der Waals surface area contributed by atoms with Gasteiger partial charge in [-0.2, -0.15) is 0 Å². The van der Waals surface area contributed by atoms with Crippen LogP contribution >= 0.6 is 0 Å². The van der Waals surface area contributed by atoms with Crippen LogP contribution in [0.15, 0.2) is 35.5 Å². The van der Waals surface area contributed by atoms with Crippen LogP contribution in [0.2, 0.25) is 0 Å². The number of furan rings is 1. The highest BCUT2D eigenvalue weighted by molar-refractivity contribution is 5.63. The zero-order valence-corrected chi connectivity index (χ0v) is 10.4. The molecular formula is C13H13N5O. The summed E-state index contributed by atoms with van der Waals surface area (Å²) in [7, 11) is 0. The van der Waals surface area contributed by atoms with E-state index in [0.29, 0.717) is 0 Å². The van der Waals surface area contributed by atoms with Gasteiger partial charge in [0.25, 0.3) is 0 Å². The lowest BCUT2D eigenvalue weighted by molar-refractivity contribution is 0.504. The normalized spacial score (nSPS) is 15.5. The summed E-state index contributed by atoms with van der Waals surface area (Å²) >= 11 is 0. The first kappa shape index (κ1) is 10.5. The van der Waals surface area contributed by atoms with Crippen molar-refractivity contribution in [2.75, 3.05) is 11.4 Å². The highest BCUT2D eigenvalue weighted by Gasteiger charge is 2.20. The van der Waals surface area contributed by atoms with Crippen LogP contribution in [0.5, 0.6) is 0 Å². The summed E-state index contributed by atoms with van der Waals surface area (Å²) in [6.45, 7) is 1.76. The molecule has 4 rings (SSSR count). The van der Waals surface area contributed by atoms with Crippen molar-refractivity contribution in [2.45, 2.75) is 19.4 Å². The Labute approximate surface area is 109 Å². The van der Waals surface area contributed by atoms with E-state index in [-0.39, 0.29) is 0 Å². The SMILES string of the molecule is c1cn2cnnc2c(N2CCCc3occc3C2)n1. The maximum absolute atomic E-state index is 5.51. The van der Waals surface area contributed by atoms with Crippen LogP contribution in [0.3, 0.4) is 0 Å². The number of fused-ring (bicyclic) bond motifs is 2. The average Bonchev–Trinajstić information content (AvgIpc) is 3.03. The number of hydrogen-bond donors (Lipinski definition) is 0. The molecule has 1 aliphatic heterocycles. The standard InChI is InChI=1S/C13H13N5O/c1-2-11-10(3-7-19-11)8-17(5-1)12-13-16-15-9-18(13)6-4-14-12/h3-4,6-7,9H,1-2,5,8H2. The molecule has 6 nitrogen and oxygen atoms in total. The Hall–Kier alpha value is -2.37. The summed E-state index contributed by atoms with van der Waals surface area (Å²) in [5, 5.41) is 8.10. The zero-order chi connectivity index (χ0) is 12.7. The van der Waals surface area contributed by atoms with E-state index in [1.165, 1.54) is 5.56 Å². The molecule has 0 atom stereocenters. The summed E-state index contributed by atoms with van der Waals surface area (Å²) in [4.78, 5) is 6.72. The van der Waals surface area contributed by atoms with Gasteiger partial charge in [-0.1, -0.05) is 0 Å². The van der Waals surface area contributed by atoms with Gasteiger partial charge >= 0.3 is 0 Å². The minimum absolute atomic E-state index is 0.800. The number of aryl methyl sites for hydroxylation is 1. The molecule has 96 valence electrons. The largest absolute Gasteiger partial charge is 0.469 e. The highest BCUT2D eigenvalue weighted by atomic mass is 16.3. The van der Waals surface area contributed by atoms with Gasteiger partial charge in [0.15, 0.2) is 5.82 Å². The highest BCUT2D eigenvalue weighted by Crippen LogP contribution is 2.25. The Kier molecular flexibility index (Phi) is 2.26. The van der Waals surface area contributed by atoms with E-state index in [9.17, 15) is 0 Å². The van der Waals surface area contributed by atoms with Crippen LogP contribution in [0, 0.1) is 0 Å². The fraction of sp³-hybridized carbons (Fsp3) is 0.308. The Morgan fingerprint density at radius 2 is 2.32 bits per heavy atom. The molecule has 4 heterocycles. The molecular weight excluding hydrogens is 242 g/mol. The third kappa shape index (κ3) is 1.68. The predicted octanol–water partition coefficient (Wildman–Crippen LogP) is 1.67. The Morgan fingerprint density at radius 3 is 3.32 bits per heavy atom. The quantitative estimate of drug-likeness (QED) is 0.662. The number of nitrogens with zero attached hydrogens (tertiary/aromatic N) is 5. The van der Waals surface area contributed by atoms with E-state index in [0.717, 1.165) is 43.2 Å². The molecule has 0 unspecified atom stereocenters. The van der Waals surface area contributed by atoms with Crippen molar-refractivity contribution in [2.24, 2.45) is 0 Å². The summed E-state index contributed by atoms with van der Waals surface area (Å²) in [6, 6.07) is 2.04. The molecule has 0 saturated carbocycles. The summed E-state index contributed by atoms with van der Waals surface area (Å²) < 4.78 is 7.40. The number of rotatable bonds is 1. The van der Waals surface area contributed by atoms with E-state index < -0.39 is 0 Å². The van der Waals surface area contributed by atoms with Crippen LogP contribution in [0.1, 0.15) is 17.7 Å². The van der Waals surface area contributed by atoms with Crippen LogP contribution in [-0.4, -0.2) is 26.1 Å². The molecule has 0 aromatic carbocycles. The molecule has 0 radical (unpaired) electrons. The van der Waals surface area contributed by atoms with Crippen molar-refractivity contribution in [1.29, 1.82) is 0 Å². The molecule has 0 aliphatic carbocycles. The second kappa shape index (κ2) is 4.08. The van der Waals surface area contributed by atoms with Gasteiger partial charge in [-0.15, -0.1) is 10.2 Å². The predicted molar refractivity (Wildman–Crippen MR) is 68.9 cm³/mol. The van der Waals surface area contributed by atoms with Crippen molar-refractivity contribution >= 4 is 11.5 Å². The average molecular weight is 255 g/mol. The summed E-state index contributed by atoms with van der Waals surface area (Å²) in [5.74, 6) is 1.98. The van der Waals surface area contributed by atoms with Crippen molar-refractivity contribution in [3.05, 3.63) is 42.4 Å². The molecule has 3 aromatic rings. The zero-order valence-electron chi connectivity index (χ0n) is 10.4. The van der Waals surface area contributed by atoms with Gasteiger partial charge in [-0.05, 0) is 12.5 Å². The smallest absolute Gasteiger partial charge is 0.203 e. The number of aromatic nitrogens is 4. The lowest BCUT2D eigenvalue weighted by atomic mass is 10.2. The van der Waals surface area contributed by atoms with Crippen LogP contribution in [0.25, 0.3) is 5.65 Å². The molecule has 0 fully saturated rings. The van der Waals surface area contributed by atoms with E-state index in [1.807, 2.05) is 16.7 Å². The van der Waals surface area contributed by atoms with Gasteiger partial charge in [0.05, 0.1) is 6.26 Å². The number of anilines is 1. The minimum atomic E-state index is 0.800. The maximum atomic E-state index is 5.51. The molecule has 3 aromatic heterocycles. The second-order valence-corrected chi connectivity index (χ2v) is 4.71. The fourth-order valence-electron chi connectivity index (χ4n) is 2.59. The maximum Gasteiger partial charge on any atom is 0.203 e. The van der Waals surface area contributed by atoms with Crippen molar-refractivity contribution in [1.82, 2.24) is 19.6 Å². The van der Waals surface area contributed by atoms with Gasteiger partial charge in [0.1, 0.15) is 12.1 Å². The fourth-order valence-corrected chi connectivity index (χ4v) is 2.59. The monoisotopic (exact) mass is 255 g/mol. The molecule has 0 saturated heterocycles. The van der Waals surface area contributed by atoms with Gasteiger partial charge < -0.3 is 9.32 Å². The van der Waals surface area contributed by atoms with Crippen molar-refractivity contribution < 1.29 is 4.42 Å². The first-order chi connectivity index (χ1) is 9.42. The first-order valence-corrected chi connectivity index (χ1v) is 6.36. The lowest BCUT2D eigenvalue weighted by Crippen LogP contribution is -2.24. The molecule has 0 spiro atoms. The van der Waals surface area contributed by atoms with E-state index in [1.54, 1.807) is 18.8 Å². The molecule has 0 N–H and O–H groups in total. The van der Waals surface area contributed by atoms with E-state index in [4.69, 9.17) is 4.42 Å². The van der Waals surface area contributed by atoms with E-state index >= 15 is 0 Å². The van der Waals surface area contributed by atoms with Crippen molar-refractivity contribution in [3.63, 3.8) is 0 Å². The molecule has 6 heteroatoms. The Balaban J connectivity index is 1.78. The molecule has 1 aliphatic rings. The van der Waals surface area contributed by atoms with Crippen LogP contribution in [-0.2, 0) is 13.0 Å². The van der Waals surface area contributed by atoms with Gasteiger partial charge in [0.2, 0.25) is 5.65 Å². The second-order valence-electron chi connectivity index (χ2n) is 4.71. The Morgan fingerprint density at radius 1 is 1.32 bits per heavy atom. The van der Waals surface area contributed by atoms with Gasteiger partial charge in [-0.3, -0.25) is 4.40 Å². The van der Waals surface area contributed by atoms with Crippen LogP contribution in [0.4, 0.5) is 5.82 Å². The summed E-state index contributed by atoms with van der Waals surface area (Å²) in [5.41, 5.74) is 2.04. The lowest BCUT2D eigenvalue weighted by Gasteiger charge is -2.21. The third-order valence-electron chi connectivity index (χ3n) is 3.53. The van der Waals surface area contributed by atoms with Crippen LogP contribution < -0.4 is 4.90 Å². The number of hydrogen-bond acceptors (Lipinski definition) is 5. The van der Waals surface area contributed by atoms with E-state index in [2.05, 4.69) is 20.1 Å². The third-order valence-corrected chi connectivity index (χ3v) is 3.53.